The average molecular weight is 360 g/mol. The van der Waals surface area contributed by atoms with E-state index in [1.165, 1.54) is 6.07 Å². The lowest BCUT2D eigenvalue weighted by Gasteiger charge is -2.23. The van der Waals surface area contributed by atoms with Crippen molar-refractivity contribution < 1.29 is 23.8 Å². The van der Waals surface area contributed by atoms with Gasteiger partial charge in [-0.1, -0.05) is 11.6 Å². The fourth-order valence-electron chi connectivity index (χ4n) is 2.70. The largest absolute Gasteiger partial charge is 0.493 e. The second-order valence-electron chi connectivity index (χ2n) is 5.44. The molecule has 0 saturated carbocycles. The molecule has 1 saturated heterocycles. The fourth-order valence-corrected chi connectivity index (χ4v) is 2.92. The summed E-state index contributed by atoms with van der Waals surface area (Å²) in [5, 5.41) is 11.3. The van der Waals surface area contributed by atoms with Crippen molar-refractivity contribution in [2.45, 2.75) is 32.2 Å². The van der Waals surface area contributed by atoms with Crippen molar-refractivity contribution in [2.24, 2.45) is 0 Å². The molecule has 1 fully saturated rings. The molecule has 24 heavy (non-hydrogen) atoms. The monoisotopic (exact) mass is 359 g/mol. The second-order valence-corrected chi connectivity index (χ2v) is 5.85. The van der Waals surface area contributed by atoms with Crippen molar-refractivity contribution in [1.82, 2.24) is 16.2 Å². The van der Waals surface area contributed by atoms with Gasteiger partial charge in [-0.2, -0.15) is 0 Å². The van der Waals surface area contributed by atoms with Gasteiger partial charge in [0.25, 0.3) is 0 Å². The van der Waals surface area contributed by atoms with Crippen LogP contribution in [0.4, 0.5) is 9.18 Å². The lowest BCUT2D eigenvalue weighted by atomic mass is 9.92. The first kappa shape index (κ1) is 18.3. The molecule has 9 heteroatoms. The Bertz CT molecular complexity index is 656. The molecule has 2 atom stereocenters. The Morgan fingerprint density at radius 3 is 2.88 bits per heavy atom. The van der Waals surface area contributed by atoms with Crippen LogP contribution in [0, 0.1) is 5.82 Å². The predicted octanol–water partition coefficient (Wildman–Crippen LogP) is 2.31. The number of carboxylic acid groups (broad SMARTS) is 1. The maximum absolute atomic E-state index is 14.6. The van der Waals surface area contributed by atoms with E-state index in [-0.39, 0.29) is 35.3 Å². The van der Waals surface area contributed by atoms with E-state index in [1.54, 1.807) is 13.8 Å². The van der Waals surface area contributed by atoms with E-state index < -0.39 is 23.9 Å². The van der Waals surface area contributed by atoms with Crippen molar-refractivity contribution in [3.63, 3.8) is 0 Å². The SMILES string of the molecule is CCOc1c([C@H](C)NNC(=O)O)cc(Cl)c(F)c1[C@@H]1CNC(=O)C1. The van der Waals surface area contributed by atoms with Crippen LogP contribution < -0.4 is 20.9 Å². The molecule has 2 amide bonds. The minimum atomic E-state index is -1.25. The second kappa shape index (κ2) is 7.67. The molecule has 7 nitrogen and oxygen atoms in total. The number of carbonyl (C=O) groups excluding carboxylic acids is 1. The Balaban J connectivity index is 2.48. The van der Waals surface area contributed by atoms with Crippen molar-refractivity contribution in [2.75, 3.05) is 13.2 Å². The van der Waals surface area contributed by atoms with E-state index in [1.807, 2.05) is 0 Å². The standard InChI is InChI=1S/C15H19ClFN3O4/c1-3-24-14-9(7(2)19-20-15(22)23)5-10(16)13(17)12(14)8-4-11(21)18-6-8/h5,7-8,19-20H,3-4,6H2,1-2H3,(H,18,21)(H,22,23)/t7-,8-/m0/s1. The van der Waals surface area contributed by atoms with Gasteiger partial charge >= 0.3 is 6.09 Å². The molecule has 132 valence electrons. The number of hydrogen-bond donors (Lipinski definition) is 4. The van der Waals surface area contributed by atoms with Gasteiger partial charge in [0.15, 0.2) is 0 Å². The molecule has 1 aliphatic heterocycles. The highest BCUT2D eigenvalue weighted by Gasteiger charge is 2.32. The summed E-state index contributed by atoms with van der Waals surface area (Å²) >= 11 is 6.01. The Kier molecular flexibility index (Phi) is 5.84. The first-order valence-electron chi connectivity index (χ1n) is 7.50. The van der Waals surface area contributed by atoms with Gasteiger partial charge in [-0.3, -0.25) is 10.2 Å². The molecule has 0 unspecified atom stereocenters. The van der Waals surface area contributed by atoms with Crippen LogP contribution in [0.15, 0.2) is 6.07 Å². The molecule has 0 aromatic heterocycles. The Hall–Kier alpha value is -2.06. The van der Waals surface area contributed by atoms with Crippen LogP contribution in [0.2, 0.25) is 5.02 Å². The van der Waals surface area contributed by atoms with Gasteiger partial charge in [0, 0.05) is 30.0 Å². The number of hydrazine groups is 1. The van der Waals surface area contributed by atoms with Crippen LogP contribution in [-0.4, -0.2) is 30.3 Å². The number of nitrogens with one attached hydrogen (secondary N) is 3. The summed E-state index contributed by atoms with van der Waals surface area (Å²) in [6, 6.07) is 0.876. The van der Waals surface area contributed by atoms with E-state index in [2.05, 4.69) is 16.2 Å². The summed E-state index contributed by atoms with van der Waals surface area (Å²) in [6.07, 6.45) is -1.11. The first-order valence-corrected chi connectivity index (χ1v) is 7.88. The van der Waals surface area contributed by atoms with Crippen LogP contribution in [0.1, 0.15) is 43.4 Å². The number of amides is 2. The van der Waals surface area contributed by atoms with Gasteiger partial charge in [-0.25, -0.2) is 14.6 Å². The van der Waals surface area contributed by atoms with E-state index >= 15 is 0 Å². The van der Waals surface area contributed by atoms with Crippen LogP contribution in [0.5, 0.6) is 5.75 Å². The summed E-state index contributed by atoms with van der Waals surface area (Å²) in [6.45, 7) is 4.02. The van der Waals surface area contributed by atoms with Crippen molar-refractivity contribution in [1.29, 1.82) is 0 Å². The van der Waals surface area contributed by atoms with E-state index in [4.69, 9.17) is 21.4 Å². The van der Waals surface area contributed by atoms with Crippen molar-refractivity contribution in [3.8, 4) is 5.75 Å². The molecule has 0 bridgehead atoms. The summed E-state index contributed by atoms with van der Waals surface area (Å²) in [5.74, 6) is -0.893. The average Bonchev–Trinajstić information content (AvgIpc) is 2.94. The molecule has 1 aromatic rings. The van der Waals surface area contributed by atoms with Gasteiger partial charge in [-0.15, -0.1) is 0 Å². The third-order valence-electron chi connectivity index (χ3n) is 3.77. The molecular weight excluding hydrogens is 341 g/mol. The molecule has 0 radical (unpaired) electrons. The van der Waals surface area contributed by atoms with Gasteiger partial charge in [0.1, 0.15) is 11.6 Å². The number of hydrogen-bond acceptors (Lipinski definition) is 4. The summed E-state index contributed by atoms with van der Waals surface area (Å²) in [5.41, 5.74) is 5.37. The zero-order valence-corrected chi connectivity index (χ0v) is 14.0. The predicted molar refractivity (Wildman–Crippen MR) is 85.7 cm³/mol. The molecule has 0 spiro atoms. The number of rotatable bonds is 6. The minimum Gasteiger partial charge on any atom is -0.493 e. The quantitative estimate of drug-likeness (QED) is 0.584. The van der Waals surface area contributed by atoms with E-state index in [0.29, 0.717) is 12.1 Å². The molecule has 1 aromatic carbocycles. The highest BCUT2D eigenvalue weighted by molar-refractivity contribution is 6.31. The van der Waals surface area contributed by atoms with Crippen LogP contribution in [-0.2, 0) is 4.79 Å². The normalized spacial score (nSPS) is 18.2. The van der Waals surface area contributed by atoms with E-state index in [0.717, 1.165) is 0 Å². The number of halogens is 2. The Morgan fingerprint density at radius 1 is 1.62 bits per heavy atom. The molecule has 1 heterocycles. The maximum atomic E-state index is 14.6. The van der Waals surface area contributed by atoms with Gasteiger partial charge in [0.05, 0.1) is 17.7 Å². The number of benzene rings is 1. The third-order valence-corrected chi connectivity index (χ3v) is 4.05. The van der Waals surface area contributed by atoms with Crippen LogP contribution in [0.3, 0.4) is 0 Å². The van der Waals surface area contributed by atoms with Crippen molar-refractivity contribution in [3.05, 3.63) is 28.0 Å². The molecule has 2 rings (SSSR count). The molecule has 0 aliphatic carbocycles. The zero-order chi connectivity index (χ0) is 17.9. The van der Waals surface area contributed by atoms with Crippen LogP contribution >= 0.6 is 11.6 Å². The summed E-state index contributed by atoms with van der Waals surface area (Å²) < 4.78 is 20.3. The Labute approximate surface area is 143 Å². The van der Waals surface area contributed by atoms with Gasteiger partial charge < -0.3 is 15.2 Å². The maximum Gasteiger partial charge on any atom is 0.419 e. The highest BCUT2D eigenvalue weighted by atomic mass is 35.5. The van der Waals surface area contributed by atoms with Gasteiger partial charge in [0.2, 0.25) is 5.91 Å². The fraction of sp³-hybridized carbons (Fsp3) is 0.467. The molecule has 1 aliphatic rings. The number of ether oxygens (including phenoxy) is 1. The number of carbonyl (C=O) groups is 2. The topological polar surface area (TPSA) is 99.7 Å². The smallest absolute Gasteiger partial charge is 0.419 e. The molecule has 4 N–H and O–H groups in total. The van der Waals surface area contributed by atoms with Crippen LogP contribution in [0.25, 0.3) is 0 Å². The zero-order valence-electron chi connectivity index (χ0n) is 13.3. The van der Waals surface area contributed by atoms with Crippen molar-refractivity contribution >= 4 is 23.6 Å². The van der Waals surface area contributed by atoms with E-state index in [9.17, 15) is 14.0 Å². The van der Waals surface area contributed by atoms with Gasteiger partial charge in [-0.05, 0) is 19.9 Å². The lowest BCUT2D eigenvalue weighted by Crippen LogP contribution is -2.38. The summed E-state index contributed by atoms with van der Waals surface area (Å²) in [7, 11) is 0. The first-order chi connectivity index (χ1) is 11.3. The lowest BCUT2D eigenvalue weighted by molar-refractivity contribution is -0.119. The third kappa shape index (κ3) is 3.88. The molecular formula is C15H19ClFN3O4. The summed E-state index contributed by atoms with van der Waals surface area (Å²) in [4.78, 5) is 22.1. The highest BCUT2D eigenvalue weighted by Crippen LogP contribution is 2.41. The minimum absolute atomic E-state index is 0.105. The Morgan fingerprint density at radius 2 is 2.33 bits per heavy atom.